The van der Waals surface area contributed by atoms with Gasteiger partial charge >= 0.3 is 0 Å². The second kappa shape index (κ2) is 9.02. The highest BCUT2D eigenvalue weighted by molar-refractivity contribution is 5.87. The number of fused-ring (bicyclic) bond motifs is 1. The molecule has 0 bridgehead atoms. The van der Waals surface area contributed by atoms with Gasteiger partial charge in [-0.3, -0.25) is 9.20 Å². The topological polar surface area (TPSA) is 95.0 Å². The van der Waals surface area contributed by atoms with Gasteiger partial charge in [-0.2, -0.15) is 0 Å². The Bertz CT molecular complexity index is 1230. The number of nitrogens with zero attached hydrogens (tertiary/aromatic N) is 4. The third-order valence-electron chi connectivity index (χ3n) is 5.46. The molecule has 164 valence electrons. The molecule has 3 heterocycles. The van der Waals surface area contributed by atoms with Gasteiger partial charge in [0.15, 0.2) is 5.82 Å². The van der Waals surface area contributed by atoms with Crippen molar-refractivity contribution in [2.24, 2.45) is 0 Å². The van der Waals surface area contributed by atoms with E-state index in [0.29, 0.717) is 41.6 Å². The first-order valence-electron chi connectivity index (χ1n) is 10.3. The monoisotopic (exact) mass is 431 g/mol. The minimum Gasteiger partial charge on any atom is -0.497 e. The Labute approximate surface area is 186 Å². The number of nitrogen functional groups attached to an aromatic ring is 1. The van der Waals surface area contributed by atoms with Crippen molar-refractivity contribution in [1.29, 1.82) is 0 Å². The van der Waals surface area contributed by atoms with E-state index in [-0.39, 0.29) is 11.8 Å². The van der Waals surface area contributed by atoms with Crippen LogP contribution in [0.2, 0.25) is 0 Å². The van der Waals surface area contributed by atoms with Gasteiger partial charge in [-0.25, -0.2) is 9.97 Å². The standard InChI is InChI=1S/C24H25N5O3/c1-4-5-21(30)28-10-8-17(15-28)24-27-20(22-23(25)26-9-11-29(22)24)7-6-16-12-18(31-2)14-19(13-16)32-3/h4-5,9,11-14,17H,8,10,15H2,1-3H3,(H2,25,26)/b5-4+. The van der Waals surface area contributed by atoms with Crippen LogP contribution < -0.4 is 15.2 Å². The third kappa shape index (κ3) is 4.10. The molecule has 8 nitrogen and oxygen atoms in total. The van der Waals surface area contributed by atoms with Crippen LogP contribution in [-0.2, 0) is 4.79 Å². The number of methoxy groups -OCH3 is 2. The Morgan fingerprint density at radius 3 is 2.66 bits per heavy atom. The van der Waals surface area contributed by atoms with Gasteiger partial charge < -0.3 is 20.1 Å². The first kappa shape index (κ1) is 21.2. The lowest BCUT2D eigenvalue weighted by Crippen LogP contribution is -2.26. The Morgan fingerprint density at radius 1 is 1.22 bits per heavy atom. The Balaban J connectivity index is 1.72. The number of nitrogens with two attached hydrogens (primary N) is 1. The number of carbonyl (C=O) groups is 1. The van der Waals surface area contributed by atoms with E-state index in [9.17, 15) is 4.79 Å². The van der Waals surface area contributed by atoms with E-state index in [2.05, 4.69) is 16.8 Å². The largest absolute Gasteiger partial charge is 0.497 e. The number of anilines is 1. The van der Waals surface area contributed by atoms with Crippen molar-refractivity contribution in [1.82, 2.24) is 19.3 Å². The number of carbonyl (C=O) groups excluding carboxylic acids is 1. The molecule has 1 fully saturated rings. The second-order valence-electron chi connectivity index (χ2n) is 7.47. The van der Waals surface area contributed by atoms with Crippen LogP contribution in [0.15, 0.2) is 42.7 Å². The highest BCUT2D eigenvalue weighted by atomic mass is 16.5. The van der Waals surface area contributed by atoms with E-state index in [1.165, 1.54) is 0 Å². The molecule has 32 heavy (non-hydrogen) atoms. The lowest BCUT2D eigenvalue weighted by atomic mass is 10.1. The molecule has 1 atom stereocenters. The quantitative estimate of drug-likeness (QED) is 0.504. The zero-order valence-electron chi connectivity index (χ0n) is 18.3. The zero-order valence-corrected chi connectivity index (χ0v) is 18.3. The molecule has 8 heteroatoms. The van der Waals surface area contributed by atoms with Crippen molar-refractivity contribution < 1.29 is 14.3 Å². The Kier molecular flexibility index (Phi) is 5.99. The van der Waals surface area contributed by atoms with E-state index < -0.39 is 0 Å². The van der Waals surface area contributed by atoms with Crippen LogP contribution >= 0.6 is 0 Å². The summed E-state index contributed by atoms with van der Waals surface area (Å²) in [5, 5.41) is 0. The highest BCUT2D eigenvalue weighted by Gasteiger charge is 2.30. The molecule has 1 amide bonds. The number of imidazole rings is 1. The minimum atomic E-state index is 0.0176. The summed E-state index contributed by atoms with van der Waals surface area (Å²) in [7, 11) is 3.19. The maximum absolute atomic E-state index is 12.2. The van der Waals surface area contributed by atoms with Gasteiger partial charge in [-0.1, -0.05) is 12.0 Å². The maximum atomic E-state index is 12.2. The zero-order chi connectivity index (χ0) is 22.7. The molecular formula is C24H25N5O3. The number of hydrogen-bond donors (Lipinski definition) is 1. The molecule has 1 aliphatic rings. The molecule has 1 aromatic carbocycles. The summed E-state index contributed by atoms with van der Waals surface area (Å²) >= 11 is 0. The Morgan fingerprint density at radius 2 is 1.97 bits per heavy atom. The minimum absolute atomic E-state index is 0.0176. The number of amides is 1. The second-order valence-corrected chi connectivity index (χ2v) is 7.47. The lowest BCUT2D eigenvalue weighted by Gasteiger charge is -2.14. The summed E-state index contributed by atoms with van der Waals surface area (Å²) in [6.45, 7) is 3.13. The smallest absolute Gasteiger partial charge is 0.246 e. The third-order valence-corrected chi connectivity index (χ3v) is 5.46. The van der Waals surface area contributed by atoms with Crippen molar-refractivity contribution in [2.45, 2.75) is 19.3 Å². The number of likely N-dealkylation sites (tertiary alicyclic amines) is 1. The number of hydrogen-bond acceptors (Lipinski definition) is 6. The van der Waals surface area contributed by atoms with Crippen LogP contribution in [0.4, 0.5) is 5.82 Å². The van der Waals surface area contributed by atoms with Crippen LogP contribution in [-0.4, -0.2) is 52.5 Å². The van der Waals surface area contributed by atoms with E-state index in [1.807, 2.05) is 34.6 Å². The first-order valence-corrected chi connectivity index (χ1v) is 10.3. The molecule has 0 radical (unpaired) electrons. The van der Waals surface area contributed by atoms with Crippen LogP contribution in [0.5, 0.6) is 11.5 Å². The molecule has 2 aromatic heterocycles. The van der Waals surface area contributed by atoms with Crippen molar-refractivity contribution in [2.75, 3.05) is 33.0 Å². The molecule has 3 aromatic rings. The number of allylic oxidation sites excluding steroid dienone is 1. The number of ether oxygens (including phenoxy) is 2. The lowest BCUT2D eigenvalue weighted by molar-refractivity contribution is -0.125. The van der Waals surface area contributed by atoms with Crippen LogP contribution in [0.1, 0.15) is 36.3 Å². The molecule has 4 rings (SSSR count). The molecule has 0 saturated carbocycles. The molecule has 1 saturated heterocycles. The summed E-state index contributed by atoms with van der Waals surface area (Å²) < 4.78 is 12.6. The fourth-order valence-corrected chi connectivity index (χ4v) is 3.89. The summed E-state index contributed by atoms with van der Waals surface area (Å²) in [5.74, 6) is 8.88. The average Bonchev–Trinajstić information content (AvgIpc) is 3.43. The maximum Gasteiger partial charge on any atom is 0.246 e. The number of rotatable bonds is 4. The number of aromatic nitrogens is 3. The normalized spacial score (nSPS) is 15.7. The van der Waals surface area contributed by atoms with Crippen LogP contribution in [0, 0.1) is 11.8 Å². The van der Waals surface area contributed by atoms with Gasteiger partial charge in [-0.05, 0) is 37.5 Å². The van der Waals surface area contributed by atoms with Crippen molar-refractivity contribution in [3.8, 4) is 23.3 Å². The van der Waals surface area contributed by atoms with E-state index in [4.69, 9.17) is 20.2 Å². The Hall–Kier alpha value is -3.99. The molecule has 0 spiro atoms. The van der Waals surface area contributed by atoms with E-state index in [1.54, 1.807) is 38.6 Å². The van der Waals surface area contributed by atoms with Crippen molar-refractivity contribution >= 4 is 17.2 Å². The van der Waals surface area contributed by atoms with Gasteiger partial charge in [0.1, 0.15) is 28.5 Å². The highest BCUT2D eigenvalue weighted by Crippen LogP contribution is 2.30. The molecular weight excluding hydrogens is 406 g/mol. The van der Waals surface area contributed by atoms with Gasteiger partial charge in [0.25, 0.3) is 0 Å². The van der Waals surface area contributed by atoms with Gasteiger partial charge in [-0.15, -0.1) is 0 Å². The van der Waals surface area contributed by atoms with Gasteiger partial charge in [0.2, 0.25) is 5.91 Å². The number of benzene rings is 1. The fourth-order valence-electron chi connectivity index (χ4n) is 3.89. The van der Waals surface area contributed by atoms with Crippen molar-refractivity contribution in [3.63, 3.8) is 0 Å². The first-order chi connectivity index (χ1) is 15.5. The molecule has 1 aliphatic heterocycles. The van der Waals surface area contributed by atoms with E-state index >= 15 is 0 Å². The van der Waals surface area contributed by atoms with Gasteiger partial charge in [0, 0.05) is 43.0 Å². The van der Waals surface area contributed by atoms with Crippen LogP contribution in [0.3, 0.4) is 0 Å². The predicted molar refractivity (Wildman–Crippen MR) is 122 cm³/mol. The summed E-state index contributed by atoms with van der Waals surface area (Å²) in [5.41, 5.74) is 8.14. The average molecular weight is 431 g/mol. The SMILES string of the molecule is C/C=C/C(=O)N1CCC(c2nc(C#Cc3cc(OC)cc(OC)c3)c3c(N)nccn23)C1. The van der Waals surface area contributed by atoms with Crippen LogP contribution in [0.25, 0.3) is 5.52 Å². The summed E-state index contributed by atoms with van der Waals surface area (Å²) in [4.78, 5) is 23.1. The van der Waals surface area contributed by atoms with Gasteiger partial charge in [0.05, 0.1) is 14.2 Å². The predicted octanol–water partition coefficient (Wildman–Crippen LogP) is 2.62. The van der Waals surface area contributed by atoms with E-state index in [0.717, 1.165) is 17.8 Å². The van der Waals surface area contributed by atoms with Crippen molar-refractivity contribution in [3.05, 3.63) is 59.8 Å². The fraction of sp³-hybridized carbons (Fsp3) is 0.292. The molecule has 2 N–H and O–H groups in total. The molecule has 1 unspecified atom stereocenters. The summed E-state index contributed by atoms with van der Waals surface area (Å²) in [6, 6.07) is 5.45. The molecule has 0 aliphatic carbocycles. The summed E-state index contributed by atoms with van der Waals surface area (Å²) in [6.07, 6.45) is 7.66.